The molecule has 1 saturated heterocycles. The zero-order valence-corrected chi connectivity index (χ0v) is 11.7. The number of aromatic nitrogens is 2. The molecule has 0 atom stereocenters. The molecule has 0 saturated carbocycles. The number of nitrogens with two attached hydrogens (primary N) is 1. The number of halogens is 1. The van der Waals surface area contributed by atoms with Crippen LogP contribution in [0.2, 0.25) is 0 Å². The Morgan fingerprint density at radius 3 is 2.47 bits per heavy atom. The lowest BCUT2D eigenvalue weighted by atomic mass is 10.2. The van der Waals surface area contributed by atoms with E-state index in [2.05, 4.69) is 26.8 Å². The minimum Gasteiger partial charge on any atom is -0.383 e. The molecular formula is C13H18ClN5. The van der Waals surface area contributed by atoms with Gasteiger partial charge in [0.05, 0.1) is 5.52 Å². The number of para-hydroxylation sites is 1. The van der Waals surface area contributed by atoms with Gasteiger partial charge in [-0.2, -0.15) is 4.98 Å². The van der Waals surface area contributed by atoms with E-state index >= 15 is 0 Å². The van der Waals surface area contributed by atoms with E-state index < -0.39 is 0 Å². The summed E-state index contributed by atoms with van der Waals surface area (Å²) in [5, 5.41) is 0.926. The topological polar surface area (TPSA) is 58.3 Å². The minimum atomic E-state index is 0. The Morgan fingerprint density at radius 1 is 1.05 bits per heavy atom. The second-order valence-electron chi connectivity index (χ2n) is 4.72. The fourth-order valence-corrected chi connectivity index (χ4v) is 2.24. The van der Waals surface area contributed by atoms with Crippen LogP contribution in [0.25, 0.3) is 10.9 Å². The Balaban J connectivity index is 0.00000133. The Labute approximate surface area is 118 Å². The summed E-state index contributed by atoms with van der Waals surface area (Å²) in [6.45, 7) is 3.98. The van der Waals surface area contributed by atoms with Gasteiger partial charge in [0, 0.05) is 31.6 Å². The first-order valence-electron chi connectivity index (χ1n) is 6.20. The second kappa shape index (κ2) is 5.59. The summed E-state index contributed by atoms with van der Waals surface area (Å²) in [5.74, 6) is 1.31. The van der Waals surface area contributed by atoms with Gasteiger partial charge in [0.1, 0.15) is 5.82 Å². The van der Waals surface area contributed by atoms with Crippen LogP contribution in [-0.4, -0.2) is 48.1 Å². The lowest BCUT2D eigenvalue weighted by molar-refractivity contribution is 0.311. The normalized spacial score (nSPS) is 16.4. The van der Waals surface area contributed by atoms with Gasteiger partial charge in [0.25, 0.3) is 0 Å². The van der Waals surface area contributed by atoms with Crippen LogP contribution >= 0.6 is 12.4 Å². The summed E-state index contributed by atoms with van der Waals surface area (Å²) >= 11 is 0. The molecule has 0 bridgehead atoms. The number of anilines is 2. The third-order valence-electron chi connectivity index (χ3n) is 3.41. The van der Waals surface area contributed by atoms with Crippen LogP contribution in [0.15, 0.2) is 24.3 Å². The summed E-state index contributed by atoms with van der Waals surface area (Å²) in [6.07, 6.45) is 0. The maximum Gasteiger partial charge on any atom is 0.227 e. The molecule has 6 heteroatoms. The van der Waals surface area contributed by atoms with Crippen molar-refractivity contribution >= 4 is 35.1 Å². The first-order chi connectivity index (χ1) is 8.74. The number of fused-ring (bicyclic) bond motifs is 1. The molecule has 1 aliphatic rings. The Bertz CT molecular complexity index is 566. The van der Waals surface area contributed by atoms with Crippen LogP contribution < -0.4 is 10.6 Å². The Kier molecular flexibility index (Phi) is 4.07. The minimum absolute atomic E-state index is 0. The highest BCUT2D eigenvalue weighted by Gasteiger charge is 2.17. The molecule has 2 aromatic rings. The van der Waals surface area contributed by atoms with Gasteiger partial charge in [-0.3, -0.25) is 0 Å². The van der Waals surface area contributed by atoms with E-state index in [9.17, 15) is 0 Å². The van der Waals surface area contributed by atoms with E-state index in [4.69, 9.17) is 5.73 Å². The molecule has 0 spiro atoms. The van der Waals surface area contributed by atoms with E-state index in [1.165, 1.54) is 0 Å². The first-order valence-corrected chi connectivity index (χ1v) is 6.20. The molecule has 102 valence electrons. The molecule has 1 aromatic carbocycles. The molecule has 2 N–H and O–H groups in total. The van der Waals surface area contributed by atoms with E-state index in [0.717, 1.165) is 43.0 Å². The molecule has 1 aliphatic heterocycles. The highest BCUT2D eigenvalue weighted by molar-refractivity contribution is 5.88. The van der Waals surface area contributed by atoms with Gasteiger partial charge in [0.15, 0.2) is 0 Å². The van der Waals surface area contributed by atoms with E-state index in [1.807, 2.05) is 24.3 Å². The molecule has 0 radical (unpaired) electrons. The first kappa shape index (κ1) is 13.8. The van der Waals surface area contributed by atoms with Crippen molar-refractivity contribution in [2.24, 2.45) is 0 Å². The summed E-state index contributed by atoms with van der Waals surface area (Å²) < 4.78 is 0. The molecule has 0 aliphatic carbocycles. The molecule has 5 nitrogen and oxygen atoms in total. The molecular weight excluding hydrogens is 262 g/mol. The predicted molar refractivity (Wildman–Crippen MR) is 80.9 cm³/mol. The lowest BCUT2D eigenvalue weighted by Gasteiger charge is -2.32. The fourth-order valence-electron chi connectivity index (χ4n) is 2.24. The van der Waals surface area contributed by atoms with E-state index in [1.54, 1.807) is 0 Å². The van der Waals surface area contributed by atoms with Gasteiger partial charge in [-0.05, 0) is 19.2 Å². The van der Waals surface area contributed by atoms with Gasteiger partial charge >= 0.3 is 0 Å². The van der Waals surface area contributed by atoms with Crippen molar-refractivity contribution in [3.05, 3.63) is 24.3 Å². The zero-order valence-electron chi connectivity index (χ0n) is 10.9. The fraction of sp³-hybridized carbons (Fsp3) is 0.385. The molecule has 2 heterocycles. The van der Waals surface area contributed by atoms with Crippen LogP contribution in [0.3, 0.4) is 0 Å². The largest absolute Gasteiger partial charge is 0.383 e. The summed E-state index contributed by atoms with van der Waals surface area (Å²) in [4.78, 5) is 13.5. The van der Waals surface area contributed by atoms with Crippen LogP contribution in [0.4, 0.5) is 11.8 Å². The number of nitrogen functional groups attached to an aromatic ring is 1. The SMILES string of the molecule is CN1CCN(c2nc(N)c3ccccc3n2)CC1.Cl. The second-order valence-corrected chi connectivity index (χ2v) is 4.72. The van der Waals surface area contributed by atoms with Gasteiger partial charge in [-0.15, -0.1) is 12.4 Å². The molecule has 3 rings (SSSR count). The van der Waals surface area contributed by atoms with E-state index in [0.29, 0.717) is 5.82 Å². The van der Waals surface area contributed by atoms with Crippen molar-refractivity contribution in [1.82, 2.24) is 14.9 Å². The summed E-state index contributed by atoms with van der Waals surface area (Å²) in [7, 11) is 2.13. The Morgan fingerprint density at radius 2 is 1.74 bits per heavy atom. The third kappa shape index (κ3) is 2.72. The number of likely N-dealkylation sites (N-methyl/N-ethyl adjacent to an activating group) is 1. The van der Waals surface area contributed by atoms with Crippen LogP contribution in [0.5, 0.6) is 0 Å². The van der Waals surface area contributed by atoms with Gasteiger partial charge in [-0.1, -0.05) is 12.1 Å². The quantitative estimate of drug-likeness (QED) is 0.855. The predicted octanol–water partition coefficient (Wildman–Crippen LogP) is 1.39. The van der Waals surface area contributed by atoms with Crippen molar-refractivity contribution in [3.63, 3.8) is 0 Å². The van der Waals surface area contributed by atoms with Crippen molar-refractivity contribution in [3.8, 4) is 0 Å². The van der Waals surface area contributed by atoms with Crippen molar-refractivity contribution in [2.75, 3.05) is 43.9 Å². The van der Waals surface area contributed by atoms with Crippen molar-refractivity contribution in [2.45, 2.75) is 0 Å². The van der Waals surface area contributed by atoms with Crippen LogP contribution in [0, 0.1) is 0 Å². The molecule has 0 unspecified atom stereocenters. The van der Waals surface area contributed by atoms with Crippen molar-refractivity contribution in [1.29, 1.82) is 0 Å². The number of hydrogen-bond acceptors (Lipinski definition) is 5. The van der Waals surface area contributed by atoms with Gasteiger partial charge < -0.3 is 15.5 Å². The highest BCUT2D eigenvalue weighted by Crippen LogP contribution is 2.21. The summed E-state index contributed by atoms with van der Waals surface area (Å²) in [5.41, 5.74) is 6.92. The maximum absolute atomic E-state index is 6.00. The number of piperazine rings is 1. The average Bonchev–Trinajstić information content (AvgIpc) is 2.39. The smallest absolute Gasteiger partial charge is 0.227 e. The molecule has 19 heavy (non-hydrogen) atoms. The standard InChI is InChI=1S/C13H17N5.ClH/c1-17-6-8-18(9-7-17)13-15-11-5-3-2-4-10(11)12(14)16-13;/h2-5H,6-9H2,1H3,(H2,14,15,16);1H. The Hall–Kier alpha value is -1.59. The monoisotopic (exact) mass is 279 g/mol. The van der Waals surface area contributed by atoms with Crippen LogP contribution in [-0.2, 0) is 0 Å². The maximum atomic E-state index is 6.00. The van der Waals surface area contributed by atoms with Crippen molar-refractivity contribution < 1.29 is 0 Å². The number of hydrogen-bond donors (Lipinski definition) is 1. The molecule has 1 aromatic heterocycles. The van der Waals surface area contributed by atoms with Gasteiger partial charge in [0.2, 0.25) is 5.95 Å². The lowest BCUT2D eigenvalue weighted by Crippen LogP contribution is -2.45. The van der Waals surface area contributed by atoms with Crippen LogP contribution in [0.1, 0.15) is 0 Å². The summed E-state index contributed by atoms with van der Waals surface area (Å²) in [6, 6.07) is 7.87. The number of rotatable bonds is 1. The number of nitrogens with zero attached hydrogens (tertiary/aromatic N) is 4. The van der Waals surface area contributed by atoms with E-state index in [-0.39, 0.29) is 12.4 Å². The zero-order chi connectivity index (χ0) is 12.5. The molecule has 1 fully saturated rings. The number of benzene rings is 1. The molecule has 0 amide bonds. The average molecular weight is 280 g/mol. The third-order valence-corrected chi connectivity index (χ3v) is 3.41. The van der Waals surface area contributed by atoms with Gasteiger partial charge in [-0.25, -0.2) is 4.98 Å². The highest BCUT2D eigenvalue weighted by atomic mass is 35.5.